The summed E-state index contributed by atoms with van der Waals surface area (Å²) in [5, 5.41) is 0. The maximum atomic E-state index is 6.63. The topological polar surface area (TPSA) is 46.2 Å². The van der Waals surface area contributed by atoms with E-state index in [0.29, 0.717) is 33.0 Å². The normalized spacial score (nSPS) is 14.8. The summed E-state index contributed by atoms with van der Waals surface area (Å²) >= 11 is 0. The van der Waals surface area contributed by atoms with E-state index < -0.39 is 5.60 Å². The molecule has 0 aromatic heterocycles. The minimum absolute atomic E-state index is 0.0338. The highest BCUT2D eigenvalue weighted by atomic mass is 17.2. The van der Waals surface area contributed by atoms with Crippen LogP contribution < -0.4 is 0 Å². The predicted molar refractivity (Wildman–Crippen MR) is 173 cm³/mol. The first-order valence-corrected chi connectivity index (χ1v) is 15.3. The van der Waals surface area contributed by atoms with Crippen molar-refractivity contribution >= 4 is 0 Å². The molecular formula is C37H52O5. The van der Waals surface area contributed by atoms with E-state index in [1.165, 1.54) is 11.1 Å². The van der Waals surface area contributed by atoms with Crippen molar-refractivity contribution in [1.29, 1.82) is 0 Å². The maximum Gasteiger partial charge on any atom is 0.180 e. The largest absolute Gasteiger partial charge is 0.379 e. The summed E-state index contributed by atoms with van der Waals surface area (Å²) in [6.07, 6.45) is 8.98. The fourth-order valence-electron chi connectivity index (χ4n) is 5.17. The average Bonchev–Trinajstić information content (AvgIpc) is 3.22. The molecule has 0 unspecified atom stereocenters. The third-order valence-electron chi connectivity index (χ3n) is 7.46. The van der Waals surface area contributed by atoms with Crippen LogP contribution in [0, 0.1) is 0 Å². The number of fused-ring (bicyclic) bond motifs is 3. The minimum atomic E-state index is -0.977. The van der Waals surface area contributed by atoms with Crippen LogP contribution in [-0.4, -0.2) is 46.2 Å². The van der Waals surface area contributed by atoms with Gasteiger partial charge in [0, 0.05) is 17.7 Å². The summed E-state index contributed by atoms with van der Waals surface area (Å²) in [7, 11) is 0. The lowest BCUT2D eigenvalue weighted by molar-refractivity contribution is -0.347. The van der Waals surface area contributed by atoms with E-state index in [0.717, 1.165) is 40.9 Å². The van der Waals surface area contributed by atoms with Gasteiger partial charge in [-0.3, -0.25) is 0 Å². The average molecular weight is 577 g/mol. The molecule has 2 aromatic carbocycles. The second-order valence-electron chi connectivity index (χ2n) is 12.8. The van der Waals surface area contributed by atoms with Gasteiger partial charge in [-0.2, -0.15) is 0 Å². The predicted octanol–water partition coefficient (Wildman–Crippen LogP) is 8.60. The van der Waals surface area contributed by atoms with Crippen LogP contribution in [0.25, 0.3) is 11.1 Å². The van der Waals surface area contributed by atoms with Gasteiger partial charge >= 0.3 is 0 Å². The fraction of sp³-hybridized carbons (Fsp3) is 0.514. The Hall–Kier alpha value is -2.54. The first-order valence-electron chi connectivity index (χ1n) is 15.3. The third-order valence-corrected chi connectivity index (χ3v) is 7.46. The van der Waals surface area contributed by atoms with Gasteiger partial charge in [-0.05, 0) is 52.0 Å². The van der Waals surface area contributed by atoms with Crippen LogP contribution in [-0.2, 0) is 40.4 Å². The van der Waals surface area contributed by atoms with E-state index in [1.54, 1.807) is 0 Å². The van der Waals surface area contributed by atoms with Gasteiger partial charge in [0.2, 0.25) is 0 Å². The van der Waals surface area contributed by atoms with E-state index in [2.05, 4.69) is 97.5 Å². The third kappa shape index (κ3) is 8.09. The van der Waals surface area contributed by atoms with E-state index >= 15 is 0 Å². The highest BCUT2D eigenvalue weighted by Gasteiger charge is 2.49. The molecule has 0 radical (unpaired) electrons. The molecule has 1 aliphatic rings. The molecule has 0 saturated heterocycles. The molecular weight excluding hydrogens is 524 g/mol. The summed E-state index contributed by atoms with van der Waals surface area (Å²) in [4.78, 5) is 12.7. The summed E-state index contributed by atoms with van der Waals surface area (Å²) in [6.45, 7) is 25.2. The number of allylic oxidation sites excluding steroid dienone is 3. The number of hydrogen-bond donors (Lipinski definition) is 0. The molecule has 0 bridgehead atoms. The first-order chi connectivity index (χ1) is 20.0. The second kappa shape index (κ2) is 15.3. The number of ether oxygens (including phenoxy) is 3. The minimum Gasteiger partial charge on any atom is -0.379 e. The Morgan fingerprint density at radius 2 is 1.21 bits per heavy atom. The SMILES string of the molecule is C=C/C=C(\C=C/C)C1(OOCCOCCOCCOCCC)c2cc(C(C)(C)C)ccc2-c2ccc(C(C)(C)C)cc21. The van der Waals surface area contributed by atoms with Gasteiger partial charge in [0.1, 0.15) is 6.61 Å². The molecule has 5 nitrogen and oxygen atoms in total. The second-order valence-corrected chi connectivity index (χ2v) is 12.8. The molecule has 1 aliphatic carbocycles. The van der Waals surface area contributed by atoms with Gasteiger partial charge in [-0.25, -0.2) is 9.78 Å². The van der Waals surface area contributed by atoms with Crippen molar-refractivity contribution < 1.29 is 24.0 Å². The van der Waals surface area contributed by atoms with Gasteiger partial charge in [0.15, 0.2) is 5.60 Å². The summed E-state index contributed by atoms with van der Waals surface area (Å²) < 4.78 is 16.8. The Balaban J connectivity index is 1.93. The van der Waals surface area contributed by atoms with Crippen molar-refractivity contribution in [3.05, 3.63) is 95.1 Å². The monoisotopic (exact) mass is 576 g/mol. The van der Waals surface area contributed by atoms with Gasteiger partial charge in [-0.15, -0.1) is 0 Å². The van der Waals surface area contributed by atoms with Crippen LogP contribution >= 0.6 is 0 Å². The smallest absolute Gasteiger partial charge is 0.180 e. The molecule has 0 atom stereocenters. The van der Waals surface area contributed by atoms with Gasteiger partial charge in [0.25, 0.3) is 0 Å². The highest BCUT2D eigenvalue weighted by molar-refractivity contribution is 5.83. The molecule has 0 N–H and O–H groups in total. The molecule has 0 heterocycles. The van der Waals surface area contributed by atoms with Crippen molar-refractivity contribution in [1.82, 2.24) is 0 Å². The van der Waals surface area contributed by atoms with Crippen LogP contribution in [0.1, 0.15) is 84.1 Å². The summed E-state index contributed by atoms with van der Waals surface area (Å²) in [5.41, 5.74) is 6.83. The lowest BCUT2D eigenvalue weighted by Gasteiger charge is -2.34. The van der Waals surface area contributed by atoms with Crippen LogP contribution in [0.5, 0.6) is 0 Å². The van der Waals surface area contributed by atoms with Crippen molar-refractivity contribution in [3.8, 4) is 11.1 Å². The standard InChI is InChI=1S/C37H52O5/c1-10-13-28(14-11-2)37(42-41-25-24-40-23-22-39-21-20-38-19-12-3)33-26-29(35(4,5)6)15-17-31(33)32-18-16-30(27-34(32)37)36(7,8)9/h10-11,13-18,26-27H,1,12,19-25H2,2-9H3/b14-11-,28-13+. The molecule has 0 fully saturated rings. The molecule has 0 spiro atoms. The molecule has 5 heteroatoms. The molecule has 230 valence electrons. The molecule has 2 aromatic rings. The summed E-state index contributed by atoms with van der Waals surface area (Å²) in [5.74, 6) is 0. The fourth-order valence-corrected chi connectivity index (χ4v) is 5.17. The highest BCUT2D eigenvalue weighted by Crippen LogP contribution is 2.55. The number of hydrogen-bond acceptors (Lipinski definition) is 5. The number of benzene rings is 2. The molecule has 3 rings (SSSR count). The van der Waals surface area contributed by atoms with Gasteiger partial charge < -0.3 is 14.2 Å². The zero-order valence-electron chi connectivity index (χ0n) is 27.2. The first kappa shape index (κ1) is 34.0. The van der Waals surface area contributed by atoms with Crippen LogP contribution in [0.2, 0.25) is 0 Å². The lowest BCUT2D eigenvalue weighted by Crippen LogP contribution is -2.33. The molecule has 0 aliphatic heterocycles. The zero-order valence-corrected chi connectivity index (χ0v) is 27.2. The van der Waals surface area contributed by atoms with E-state index in [9.17, 15) is 0 Å². The van der Waals surface area contributed by atoms with Crippen LogP contribution in [0.4, 0.5) is 0 Å². The lowest BCUT2D eigenvalue weighted by atomic mass is 9.78. The van der Waals surface area contributed by atoms with Gasteiger partial charge in [0.05, 0.1) is 33.0 Å². The molecule has 42 heavy (non-hydrogen) atoms. The molecule has 0 amide bonds. The van der Waals surface area contributed by atoms with Crippen LogP contribution in [0.3, 0.4) is 0 Å². The Kier molecular flexibility index (Phi) is 12.3. The Labute approximate surface area is 254 Å². The van der Waals surface area contributed by atoms with E-state index in [4.69, 9.17) is 24.0 Å². The Morgan fingerprint density at radius 3 is 1.64 bits per heavy atom. The van der Waals surface area contributed by atoms with Gasteiger partial charge in [-0.1, -0.05) is 116 Å². The van der Waals surface area contributed by atoms with Crippen LogP contribution in [0.15, 0.2) is 72.9 Å². The van der Waals surface area contributed by atoms with Crippen molar-refractivity contribution in [3.63, 3.8) is 0 Å². The Morgan fingerprint density at radius 1 is 0.738 bits per heavy atom. The van der Waals surface area contributed by atoms with E-state index in [1.807, 2.05) is 25.2 Å². The Bertz CT molecular complexity index is 1160. The number of rotatable bonds is 16. The zero-order chi connectivity index (χ0) is 30.8. The molecule has 0 saturated carbocycles. The van der Waals surface area contributed by atoms with Crippen molar-refractivity contribution in [2.75, 3.05) is 46.2 Å². The quantitative estimate of drug-likeness (QED) is 0.0867. The van der Waals surface area contributed by atoms with Crippen molar-refractivity contribution in [2.24, 2.45) is 0 Å². The maximum absolute atomic E-state index is 6.63. The summed E-state index contributed by atoms with van der Waals surface area (Å²) in [6, 6.07) is 13.5. The van der Waals surface area contributed by atoms with Crippen molar-refractivity contribution in [2.45, 2.75) is 78.2 Å². The van der Waals surface area contributed by atoms with E-state index in [-0.39, 0.29) is 17.4 Å².